The molecule has 2 rings (SSSR count). The van der Waals surface area contributed by atoms with Crippen molar-refractivity contribution in [2.45, 2.75) is 0 Å². The van der Waals surface area contributed by atoms with Gasteiger partial charge in [0.2, 0.25) is 0 Å². The number of hydrogen-bond donors (Lipinski definition) is 0. The summed E-state index contributed by atoms with van der Waals surface area (Å²) in [4.78, 5) is 11.8. The zero-order chi connectivity index (χ0) is 12.3. The Hall–Kier alpha value is -1.23. The van der Waals surface area contributed by atoms with E-state index in [2.05, 4.69) is 9.59 Å². The van der Waals surface area contributed by atoms with Gasteiger partial charge in [0.25, 0.3) is 0 Å². The Kier molecular flexibility index (Phi) is 3.89. The summed E-state index contributed by atoms with van der Waals surface area (Å²) in [5, 5.41) is 6.38. The van der Waals surface area contributed by atoms with Crippen LogP contribution in [0.2, 0.25) is 10.0 Å². The van der Waals surface area contributed by atoms with Crippen molar-refractivity contribution >= 4 is 46.6 Å². The molecule has 2 aromatic rings. The summed E-state index contributed by atoms with van der Waals surface area (Å²) in [5.74, 6) is -0.217. The Morgan fingerprint density at radius 1 is 1.35 bits per heavy atom. The molecule has 0 bridgehead atoms. The summed E-state index contributed by atoms with van der Waals surface area (Å²) >= 11 is 12.9. The Labute approximate surface area is 112 Å². The number of carbonyl (C=O) groups excluding carboxylic acids is 1. The monoisotopic (exact) mass is 284 g/mol. The zero-order valence-corrected chi connectivity index (χ0v) is 10.8. The van der Waals surface area contributed by atoms with Gasteiger partial charge < -0.3 is 0 Å². The highest BCUT2D eigenvalue weighted by molar-refractivity contribution is 7.03. The molecular formula is C11H6Cl2N2OS. The molecule has 0 radical (unpaired) electrons. The van der Waals surface area contributed by atoms with Crippen molar-refractivity contribution in [3.63, 3.8) is 0 Å². The highest BCUT2D eigenvalue weighted by atomic mass is 35.5. The molecule has 0 spiro atoms. The van der Waals surface area contributed by atoms with Crippen LogP contribution in [-0.2, 0) is 0 Å². The van der Waals surface area contributed by atoms with Gasteiger partial charge in [-0.15, -0.1) is 5.10 Å². The molecule has 3 nitrogen and oxygen atoms in total. The number of halogens is 2. The molecule has 1 aromatic heterocycles. The van der Waals surface area contributed by atoms with E-state index in [9.17, 15) is 4.79 Å². The van der Waals surface area contributed by atoms with Gasteiger partial charge in [-0.05, 0) is 41.9 Å². The average molecular weight is 285 g/mol. The molecule has 86 valence electrons. The number of allylic oxidation sites excluding steroid dienone is 1. The summed E-state index contributed by atoms with van der Waals surface area (Å²) in [6.45, 7) is 0. The van der Waals surface area contributed by atoms with E-state index in [1.165, 1.54) is 23.7 Å². The predicted molar refractivity (Wildman–Crippen MR) is 69.7 cm³/mol. The molecular weight excluding hydrogens is 279 g/mol. The molecule has 0 unspecified atom stereocenters. The van der Waals surface area contributed by atoms with Crippen molar-refractivity contribution in [2.75, 3.05) is 0 Å². The highest BCUT2D eigenvalue weighted by Crippen LogP contribution is 2.21. The maximum absolute atomic E-state index is 11.8. The molecule has 6 heteroatoms. The Morgan fingerprint density at radius 2 is 2.18 bits per heavy atom. The number of rotatable bonds is 3. The molecule has 1 aromatic carbocycles. The van der Waals surface area contributed by atoms with Gasteiger partial charge in [-0.1, -0.05) is 27.7 Å². The van der Waals surface area contributed by atoms with Crippen LogP contribution >= 0.6 is 34.7 Å². The van der Waals surface area contributed by atoms with Gasteiger partial charge in [0.05, 0.1) is 10.7 Å². The van der Waals surface area contributed by atoms with Gasteiger partial charge in [-0.2, -0.15) is 0 Å². The number of ketones is 1. The zero-order valence-electron chi connectivity index (χ0n) is 8.43. The van der Waals surface area contributed by atoms with E-state index in [0.717, 1.165) is 0 Å². The van der Waals surface area contributed by atoms with Crippen LogP contribution in [0.15, 0.2) is 29.7 Å². The van der Waals surface area contributed by atoms with Gasteiger partial charge in [0, 0.05) is 16.0 Å². The lowest BCUT2D eigenvalue weighted by molar-refractivity contribution is 0.104. The van der Waals surface area contributed by atoms with Crippen molar-refractivity contribution in [2.24, 2.45) is 0 Å². The van der Waals surface area contributed by atoms with Crippen molar-refractivity contribution in [1.29, 1.82) is 0 Å². The highest BCUT2D eigenvalue weighted by Gasteiger charge is 2.08. The fourth-order valence-electron chi connectivity index (χ4n) is 1.18. The maximum atomic E-state index is 11.8. The van der Waals surface area contributed by atoms with Crippen LogP contribution in [0.4, 0.5) is 0 Å². The lowest BCUT2D eigenvalue weighted by atomic mass is 10.1. The first-order valence-electron chi connectivity index (χ1n) is 4.61. The Balaban J connectivity index is 2.23. The van der Waals surface area contributed by atoms with Gasteiger partial charge in [0.1, 0.15) is 0 Å². The normalized spacial score (nSPS) is 10.9. The van der Waals surface area contributed by atoms with Gasteiger partial charge in [-0.25, -0.2) is 0 Å². The van der Waals surface area contributed by atoms with Crippen LogP contribution in [0.5, 0.6) is 0 Å². The van der Waals surface area contributed by atoms with Crippen LogP contribution in [-0.4, -0.2) is 15.4 Å². The summed E-state index contributed by atoms with van der Waals surface area (Å²) in [6, 6.07) is 4.76. The van der Waals surface area contributed by atoms with Crippen LogP contribution in [0.3, 0.4) is 0 Å². The van der Waals surface area contributed by atoms with Crippen LogP contribution < -0.4 is 0 Å². The molecule has 0 aliphatic heterocycles. The third-order valence-corrected chi connectivity index (χ3v) is 3.06. The minimum Gasteiger partial charge on any atom is -0.289 e. The topological polar surface area (TPSA) is 42.9 Å². The third-order valence-electron chi connectivity index (χ3n) is 1.98. The lowest BCUT2D eigenvalue weighted by Gasteiger charge is -1.99. The minimum absolute atomic E-state index is 0.217. The molecule has 0 fully saturated rings. The van der Waals surface area contributed by atoms with E-state index in [1.54, 1.807) is 23.6 Å². The average Bonchev–Trinajstić information content (AvgIpc) is 2.82. The third kappa shape index (κ3) is 3.12. The fourth-order valence-corrected chi connectivity index (χ4v) is 1.99. The first-order valence-corrected chi connectivity index (χ1v) is 6.20. The van der Waals surface area contributed by atoms with E-state index in [0.29, 0.717) is 21.3 Å². The van der Waals surface area contributed by atoms with E-state index in [1.807, 2.05) is 0 Å². The SMILES string of the molecule is O=C(C=Cc1csnn1)c1cc(Cl)ccc1Cl. The van der Waals surface area contributed by atoms with Crippen LogP contribution in [0, 0.1) is 0 Å². The molecule has 0 amide bonds. The van der Waals surface area contributed by atoms with Crippen molar-refractivity contribution in [3.05, 3.63) is 51.0 Å². The van der Waals surface area contributed by atoms with Crippen molar-refractivity contribution in [1.82, 2.24) is 9.59 Å². The second-order valence-electron chi connectivity index (χ2n) is 3.15. The maximum Gasteiger partial charge on any atom is 0.187 e. The molecule has 1 heterocycles. The van der Waals surface area contributed by atoms with Crippen LogP contribution in [0.25, 0.3) is 6.08 Å². The molecule has 0 saturated heterocycles. The minimum atomic E-state index is -0.217. The number of hydrogen-bond acceptors (Lipinski definition) is 4. The smallest absolute Gasteiger partial charge is 0.187 e. The number of nitrogens with zero attached hydrogens (tertiary/aromatic N) is 2. The quantitative estimate of drug-likeness (QED) is 0.637. The van der Waals surface area contributed by atoms with E-state index < -0.39 is 0 Å². The molecule has 0 aliphatic carbocycles. The fraction of sp³-hybridized carbons (Fsp3) is 0. The summed E-state index contributed by atoms with van der Waals surface area (Å²) in [5.41, 5.74) is 1.01. The number of carbonyl (C=O) groups is 1. The molecule has 0 aliphatic rings. The first-order chi connectivity index (χ1) is 8.16. The van der Waals surface area contributed by atoms with Crippen molar-refractivity contribution < 1.29 is 4.79 Å². The second-order valence-corrected chi connectivity index (χ2v) is 4.60. The standard InChI is InChI=1S/C11H6Cl2N2OS/c12-7-1-3-10(13)9(5-7)11(16)4-2-8-6-17-15-14-8/h1-6H. The van der Waals surface area contributed by atoms with Gasteiger partial charge >= 0.3 is 0 Å². The largest absolute Gasteiger partial charge is 0.289 e. The number of aromatic nitrogens is 2. The second kappa shape index (κ2) is 5.40. The van der Waals surface area contributed by atoms with Crippen molar-refractivity contribution in [3.8, 4) is 0 Å². The first kappa shape index (κ1) is 12.2. The Morgan fingerprint density at radius 3 is 2.88 bits per heavy atom. The molecule has 17 heavy (non-hydrogen) atoms. The van der Waals surface area contributed by atoms with Crippen LogP contribution in [0.1, 0.15) is 16.1 Å². The molecule has 0 saturated carbocycles. The predicted octanol–water partition coefficient (Wildman–Crippen LogP) is 3.74. The van der Waals surface area contributed by atoms with Gasteiger partial charge in [-0.3, -0.25) is 4.79 Å². The van der Waals surface area contributed by atoms with E-state index >= 15 is 0 Å². The van der Waals surface area contributed by atoms with E-state index in [4.69, 9.17) is 23.2 Å². The summed E-state index contributed by atoms with van der Waals surface area (Å²) in [7, 11) is 0. The number of benzene rings is 1. The summed E-state index contributed by atoms with van der Waals surface area (Å²) in [6.07, 6.45) is 2.98. The Bertz CT molecular complexity index is 567. The molecule has 0 N–H and O–H groups in total. The van der Waals surface area contributed by atoms with E-state index in [-0.39, 0.29) is 5.78 Å². The summed E-state index contributed by atoms with van der Waals surface area (Å²) < 4.78 is 3.69. The van der Waals surface area contributed by atoms with Gasteiger partial charge in [0.15, 0.2) is 5.78 Å². The molecule has 0 atom stereocenters. The lowest BCUT2D eigenvalue weighted by Crippen LogP contribution is -1.95.